The van der Waals surface area contributed by atoms with Crippen LogP contribution in [0, 0.1) is 18.2 Å². The van der Waals surface area contributed by atoms with Crippen molar-refractivity contribution < 1.29 is 4.79 Å². The summed E-state index contributed by atoms with van der Waals surface area (Å²) in [5.41, 5.74) is 2.15. The Morgan fingerprint density at radius 2 is 2.40 bits per heavy atom. The Morgan fingerprint density at radius 1 is 1.48 bits per heavy atom. The summed E-state index contributed by atoms with van der Waals surface area (Å²) in [6.07, 6.45) is 13.7. The van der Waals surface area contributed by atoms with Crippen molar-refractivity contribution in [3.63, 3.8) is 0 Å². The predicted octanol–water partition coefficient (Wildman–Crippen LogP) is 3.57. The minimum absolute atomic E-state index is 0.211. The van der Waals surface area contributed by atoms with Gasteiger partial charge >= 0.3 is 0 Å². The number of nitrogens with one attached hydrogen (secondary N) is 1. The highest BCUT2D eigenvalue weighted by molar-refractivity contribution is 7.18. The first-order valence-electron chi connectivity index (χ1n) is 7.76. The molecule has 0 saturated heterocycles. The Labute approximate surface area is 153 Å². The molecule has 1 N–H and O–H groups in total. The first-order valence-corrected chi connectivity index (χ1v) is 8.96. The van der Waals surface area contributed by atoms with Gasteiger partial charge < -0.3 is 5.32 Å². The van der Waals surface area contributed by atoms with Gasteiger partial charge in [-0.25, -0.2) is 4.98 Å². The molecule has 124 valence electrons. The Bertz CT molecular complexity index is 988. The van der Waals surface area contributed by atoms with Gasteiger partial charge in [-0.2, -0.15) is 9.61 Å². The van der Waals surface area contributed by atoms with Crippen LogP contribution in [0.4, 0.5) is 0 Å². The number of hydrogen-bond donors (Lipinski definition) is 1. The fourth-order valence-electron chi connectivity index (χ4n) is 2.66. The molecule has 3 heterocycles. The molecule has 0 bridgehead atoms. The van der Waals surface area contributed by atoms with Crippen molar-refractivity contribution in [2.75, 3.05) is 6.54 Å². The number of amides is 1. The Morgan fingerprint density at radius 3 is 3.24 bits per heavy atom. The van der Waals surface area contributed by atoms with Crippen LogP contribution in [-0.2, 0) is 0 Å². The molecular formula is C18H13ClN4OS. The van der Waals surface area contributed by atoms with E-state index in [0.717, 1.165) is 17.5 Å². The minimum atomic E-state index is -0.211. The molecule has 3 aromatic rings. The van der Waals surface area contributed by atoms with Crippen LogP contribution in [-0.4, -0.2) is 27.0 Å². The lowest BCUT2D eigenvalue weighted by Gasteiger charge is -2.12. The number of aromatic nitrogens is 3. The fraction of sp³-hybridized carbons (Fsp3) is 0.167. The normalized spacial score (nSPS) is 16.1. The summed E-state index contributed by atoms with van der Waals surface area (Å²) in [5, 5.41) is 7.48. The molecule has 25 heavy (non-hydrogen) atoms. The lowest BCUT2D eigenvalue weighted by Crippen LogP contribution is -2.28. The van der Waals surface area contributed by atoms with Crippen molar-refractivity contribution in [2.45, 2.75) is 6.42 Å². The second-order valence-corrected chi connectivity index (χ2v) is 7.21. The summed E-state index contributed by atoms with van der Waals surface area (Å²) in [7, 11) is 0. The van der Waals surface area contributed by atoms with Crippen LogP contribution in [0.2, 0.25) is 4.34 Å². The molecule has 1 unspecified atom stereocenters. The standard InChI is InChI=1S/C18H13ClN4OS/c19-16-15(13-11-21-23-9-5-4-8-14(13)23)22-18(25-16)17(24)20-10-12-6-2-1-3-7-12/h1-4,6,8,11-12H,7,10H2,(H,20,24). The Balaban J connectivity index is 1.54. The van der Waals surface area contributed by atoms with Crippen molar-refractivity contribution >= 4 is 34.4 Å². The highest BCUT2D eigenvalue weighted by Crippen LogP contribution is 2.34. The number of hydrogen-bond acceptors (Lipinski definition) is 4. The zero-order valence-electron chi connectivity index (χ0n) is 13.1. The van der Waals surface area contributed by atoms with E-state index in [9.17, 15) is 4.79 Å². The average molecular weight is 369 g/mol. The zero-order valence-corrected chi connectivity index (χ0v) is 14.6. The lowest BCUT2D eigenvalue weighted by atomic mass is 10.0. The summed E-state index contributed by atoms with van der Waals surface area (Å²) >= 11 is 7.50. The molecule has 3 aromatic heterocycles. The molecule has 0 spiro atoms. The van der Waals surface area contributed by atoms with Crippen molar-refractivity contribution in [1.82, 2.24) is 19.9 Å². The summed E-state index contributed by atoms with van der Waals surface area (Å²) in [5.74, 6) is 0.104. The predicted molar refractivity (Wildman–Crippen MR) is 97.7 cm³/mol. The quantitative estimate of drug-likeness (QED) is 0.765. The number of carbonyl (C=O) groups is 1. The van der Waals surface area contributed by atoms with Crippen molar-refractivity contribution in [1.29, 1.82) is 0 Å². The summed E-state index contributed by atoms with van der Waals surface area (Å²) in [4.78, 5) is 16.8. The van der Waals surface area contributed by atoms with Gasteiger partial charge in [0.25, 0.3) is 5.91 Å². The maximum Gasteiger partial charge on any atom is 0.280 e. The van der Waals surface area contributed by atoms with E-state index in [1.807, 2.05) is 18.2 Å². The van der Waals surface area contributed by atoms with Crippen LogP contribution in [0.1, 0.15) is 16.2 Å². The third kappa shape index (κ3) is 3.16. The molecule has 1 amide bonds. The van der Waals surface area contributed by atoms with Gasteiger partial charge in [-0.15, -0.1) is 0 Å². The highest BCUT2D eigenvalue weighted by Gasteiger charge is 2.20. The van der Waals surface area contributed by atoms with Gasteiger partial charge in [0.2, 0.25) is 0 Å². The number of allylic oxidation sites excluding steroid dienone is 3. The van der Waals surface area contributed by atoms with E-state index in [2.05, 4.69) is 39.8 Å². The number of fused-ring (bicyclic) bond motifs is 1. The van der Waals surface area contributed by atoms with Gasteiger partial charge in [-0.3, -0.25) is 4.79 Å². The molecule has 0 radical (unpaired) electrons. The van der Waals surface area contributed by atoms with Gasteiger partial charge in [0, 0.05) is 18.3 Å². The summed E-state index contributed by atoms with van der Waals surface area (Å²) < 4.78 is 2.04. The van der Waals surface area contributed by atoms with Crippen LogP contribution in [0.3, 0.4) is 0 Å². The number of carbonyl (C=O) groups excluding carboxylic acids is 1. The maximum absolute atomic E-state index is 12.4. The van der Waals surface area contributed by atoms with E-state index in [-0.39, 0.29) is 5.91 Å². The number of thiazole rings is 1. The van der Waals surface area contributed by atoms with E-state index in [4.69, 9.17) is 11.6 Å². The number of halogens is 1. The van der Waals surface area contributed by atoms with E-state index in [0.29, 0.717) is 27.5 Å². The van der Waals surface area contributed by atoms with E-state index in [1.165, 1.54) is 11.3 Å². The van der Waals surface area contributed by atoms with Crippen LogP contribution >= 0.6 is 22.9 Å². The molecule has 1 aliphatic carbocycles. The largest absolute Gasteiger partial charge is 0.349 e. The lowest BCUT2D eigenvalue weighted by molar-refractivity contribution is 0.0949. The van der Waals surface area contributed by atoms with Gasteiger partial charge in [-0.05, 0) is 30.5 Å². The molecule has 4 rings (SSSR count). The first kappa shape index (κ1) is 15.9. The Hall–Kier alpha value is -2.62. The van der Waals surface area contributed by atoms with Crippen molar-refractivity contribution in [2.24, 2.45) is 5.92 Å². The molecule has 0 saturated carbocycles. The molecule has 0 aliphatic heterocycles. The molecule has 0 aromatic carbocycles. The second-order valence-electron chi connectivity index (χ2n) is 5.60. The van der Waals surface area contributed by atoms with Gasteiger partial charge in [0.1, 0.15) is 10.0 Å². The van der Waals surface area contributed by atoms with E-state index in [1.54, 1.807) is 16.8 Å². The van der Waals surface area contributed by atoms with Gasteiger partial charge in [0.05, 0.1) is 11.7 Å². The summed E-state index contributed by atoms with van der Waals surface area (Å²) in [6, 6.07) is 6.45. The third-order valence-electron chi connectivity index (χ3n) is 3.93. The third-order valence-corrected chi connectivity index (χ3v) is 5.18. The summed E-state index contributed by atoms with van der Waals surface area (Å²) in [6.45, 7) is 0.577. The monoisotopic (exact) mass is 368 g/mol. The Kier molecular flexibility index (Phi) is 4.26. The first-order chi connectivity index (χ1) is 12.2. The fourth-order valence-corrected chi connectivity index (χ4v) is 3.74. The van der Waals surface area contributed by atoms with Crippen LogP contribution < -0.4 is 5.32 Å². The molecule has 0 fully saturated rings. The maximum atomic E-state index is 12.4. The van der Waals surface area contributed by atoms with Crippen LogP contribution in [0.5, 0.6) is 0 Å². The minimum Gasteiger partial charge on any atom is -0.349 e. The number of rotatable bonds is 4. The molecule has 1 atom stereocenters. The molecular weight excluding hydrogens is 356 g/mol. The topological polar surface area (TPSA) is 59.3 Å². The smallest absolute Gasteiger partial charge is 0.280 e. The van der Waals surface area contributed by atoms with Crippen LogP contribution in [0.15, 0.2) is 42.6 Å². The molecule has 7 heteroatoms. The van der Waals surface area contributed by atoms with E-state index < -0.39 is 0 Å². The second kappa shape index (κ2) is 6.71. The van der Waals surface area contributed by atoms with Crippen molar-refractivity contribution in [3.8, 4) is 11.3 Å². The van der Waals surface area contributed by atoms with Gasteiger partial charge in [-0.1, -0.05) is 47.2 Å². The SMILES string of the molecule is O=C(NCC1C=CC=CC1)c1nc(-c2cnn3c#cccc23)c(Cl)s1. The van der Waals surface area contributed by atoms with Crippen LogP contribution in [0.25, 0.3) is 16.8 Å². The molecule has 1 aliphatic rings. The molecule has 5 nitrogen and oxygen atoms in total. The van der Waals surface area contributed by atoms with Crippen molar-refractivity contribution in [3.05, 3.63) is 64.2 Å². The van der Waals surface area contributed by atoms with E-state index >= 15 is 0 Å². The highest BCUT2D eigenvalue weighted by atomic mass is 35.5. The zero-order chi connectivity index (χ0) is 17.2. The van der Waals surface area contributed by atoms with Gasteiger partial charge in [0.15, 0.2) is 5.01 Å². The number of nitrogens with zero attached hydrogens (tertiary/aromatic N) is 3. The average Bonchev–Trinajstić information content (AvgIpc) is 3.24.